The van der Waals surface area contributed by atoms with Crippen LogP contribution >= 0.6 is 0 Å². The van der Waals surface area contributed by atoms with Gasteiger partial charge in [-0.3, -0.25) is 0 Å². The fourth-order valence-electron chi connectivity index (χ4n) is 2.51. The Morgan fingerprint density at radius 1 is 0.800 bits per heavy atom. The van der Waals surface area contributed by atoms with E-state index in [0.717, 1.165) is 11.4 Å². The van der Waals surface area contributed by atoms with E-state index in [1.54, 1.807) is 7.11 Å². The van der Waals surface area contributed by atoms with Gasteiger partial charge in [0.2, 0.25) is 0 Å². The van der Waals surface area contributed by atoms with Crippen LogP contribution < -0.4 is 4.74 Å². The molecule has 0 aliphatic carbocycles. The minimum Gasteiger partial charge on any atom is -0.495 e. The summed E-state index contributed by atoms with van der Waals surface area (Å²) in [5.41, 5.74) is 4.63. The van der Waals surface area contributed by atoms with Crippen LogP contribution in [0.15, 0.2) is 66.7 Å². The quantitative estimate of drug-likeness (QED) is 0.680. The highest BCUT2D eigenvalue weighted by Gasteiger charge is 2.12. The largest absolute Gasteiger partial charge is 0.495 e. The van der Waals surface area contributed by atoms with Gasteiger partial charge in [0.15, 0.2) is 0 Å². The molecule has 3 aromatic rings. The normalized spacial score (nSPS) is 10.5. The molecule has 2 aromatic carbocycles. The van der Waals surface area contributed by atoms with Crippen LogP contribution in [-0.2, 0) is 0 Å². The molecule has 0 spiro atoms. The van der Waals surface area contributed by atoms with Gasteiger partial charge in [0.25, 0.3) is 0 Å². The van der Waals surface area contributed by atoms with Crippen molar-refractivity contribution in [3.05, 3.63) is 72.4 Å². The van der Waals surface area contributed by atoms with E-state index in [1.807, 2.05) is 24.3 Å². The Balaban J connectivity index is 2.22. The van der Waals surface area contributed by atoms with Gasteiger partial charge < -0.3 is 9.30 Å². The average molecular weight is 263 g/mol. The first kappa shape index (κ1) is 12.5. The first-order valence-corrected chi connectivity index (χ1v) is 6.68. The smallest absolute Gasteiger partial charge is 0.142 e. The van der Waals surface area contributed by atoms with Crippen LogP contribution in [0.1, 0.15) is 5.69 Å². The summed E-state index contributed by atoms with van der Waals surface area (Å²) >= 11 is 0. The molecule has 3 rings (SSSR count). The van der Waals surface area contributed by atoms with Gasteiger partial charge >= 0.3 is 0 Å². The monoisotopic (exact) mass is 263 g/mol. The van der Waals surface area contributed by atoms with Gasteiger partial charge in [-0.25, -0.2) is 0 Å². The molecule has 2 heteroatoms. The lowest BCUT2D eigenvalue weighted by Crippen LogP contribution is -2.01. The van der Waals surface area contributed by atoms with Gasteiger partial charge in [0.05, 0.1) is 18.5 Å². The van der Waals surface area contributed by atoms with Gasteiger partial charge in [0, 0.05) is 5.69 Å². The zero-order valence-corrected chi connectivity index (χ0v) is 11.7. The van der Waals surface area contributed by atoms with E-state index >= 15 is 0 Å². The number of aryl methyl sites for hydroxylation is 1. The van der Waals surface area contributed by atoms with Gasteiger partial charge in [-0.2, -0.15) is 0 Å². The predicted molar refractivity (Wildman–Crippen MR) is 82.5 cm³/mol. The topological polar surface area (TPSA) is 14.2 Å². The molecule has 0 aliphatic heterocycles. The van der Waals surface area contributed by atoms with E-state index in [1.165, 1.54) is 17.0 Å². The SMILES string of the molecule is COc1ccccc1-n1c(C)ccc1-c1ccccc1. The summed E-state index contributed by atoms with van der Waals surface area (Å²) in [6.07, 6.45) is 0. The second-order valence-electron chi connectivity index (χ2n) is 4.73. The Morgan fingerprint density at radius 3 is 2.25 bits per heavy atom. The summed E-state index contributed by atoms with van der Waals surface area (Å²) in [6.45, 7) is 2.11. The number of ether oxygens (including phenoxy) is 1. The van der Waals surface area contributed by atoms with Crippen molar-refractivity contribution in [3.8, 4) is 22.7 Å². The van der Waals surface area contributed by atoms with E-state index in [-0.39, 0.29) is 0 Å². The molecule has 0 radical (unpaired) electrons. The zero-order chi connectivity index (χ0) is 13.9. The molecule has 0 N–H and O–H groups in total. The lowest BCUT2D eigenvalue weighted by Gasteiger charge is -2.15. The van der Waals surface area contributed by atoms with Crippen molar-refractivity contribution < 1.29 is 4.74 Å². The average Bonchev–Trinajstić information content (AvgIpc) is 2.89. The lowest BCUT2D eigenvalue weighted by atomic mass is 10.1. The maximum atomic E-state index is 5.49. The van der Waals surface area contributed by atoms with Crippen LogP contribution in [0.4, 0.5) is 0 Å². The Bertz CT molecular complexity index is 713. The number of para-hydroxylation sites is 2. The summed E-state index contributed by atoms with van der Waals surface area (Å²) in [5, 5.41) is 0. The number of nitrogens with zero attached hydrogens (tertiary/aromatic N) is 1. The predicted octanol–water partition coefficient (Wildman–Crippen LogP) is 4.46. The summed E-state index contributed by atoms with van der Waals surface area (Å²) in [7, 11) is 1.71. The van der Waals surface area contributed by atoms with Crippen molar-refractivity contribution in [3.63, 3.8) is 0 Å². The highest BCUT2D eigenvalue weighted by molar-refractivity contribution is 5.65. The lowest BCUT2D eigenvalue weighted by molar-refractivity contribution is 0.413. The van der Waals surface area contributed by atoms with Crippen molar-refractivity contribution in [1.29, 1.82) is 0 Å². The third-order valence-electron chi connectivity index (χ3n) is 3.47. The fraction of sp³-hybridized carbons (Fsp3) is 0.111. The van der Waals surface area contributed by atoms with Crippen molar-refractivity contribution >= 4 is 0 Å². The number of hydrogen-bond donors (Lipinski definition) is 0. The van der Waals surface area contributed by atoms with Crippen LogP contribution in [0.5, 0.6) is 5.75 Å². The molecule has 1 aromatic heterocycles. The number of benzene rings is 2. The van der Waals surface area contributed by atoms with Crippen molar-refractivity contribution in [2.75, 3.05) is 7.11 Å². The molecule has 0 atom stereocenters. The summed E-state index contributed by atoms with van der Waals surface area (Å²) in [6, 6.07) is 22.8. The van der Waals surface area contributed by atoms with Gasteiger partial charge in [-0.05, 0) is 36.8 Å². The molecule has 0 aliphatic rings. The molecule has 0 amide bonds. The maximum absolute atomic E-state index is 5.49. The summed E-state index contributed by atoms with van der Waals surface area (Å²) < 4.78 is 7.72. The first-order valence-electron chi connectivity index (χ1n) is 6.68. The minimum atomic E-state index is 0.879. The Morgan fingerprint density at radius 2 is 1.50 bits per heavy atom. The van der Waals surface area contributed by atoms with Gasteiger partial charge in [-0.15, -0.1) is 0 Å². The maximum Gasteiger partial charge on any atom is 0.142 e. The Hall–Kier alpha value is -2.48. The highest BCUT2D eigenvalue weighted by Crippen LogP contribution is 2.30. The van der Waals surface area contributed by atoms with Crippen LogP contribution in [-0.4, -0.2) is 11.7 Å². The van der Waals surface area contributed by atoms with Crippen molar-refractivity contribution in [2.24, 2.45) is 0 Å². The molecule has 20 heavy (non-hydrogen) atoms. The molecule has 0 saturated carbocycles. The molecule has 0 bridgehead atoms. The third-order valence-corrected chi connectivity index (χ3v) is 3.47. The first-order chi connectivity index (χ1) is 9.81. The van der Waals surface area contributed by atoms with Crippen LogP contribution in [0.3, 0.4) is 0 Å². The van der Waals surface area contributed by atoms with E-state index < -0.39 is 0 Å². The van der Waals surface area contributed by atoms with Crippen LogP contribution in [0, 0.1) is 6.92 Å². The second kappa shape index (κ2) is 5.25. The number of hydrogen-bond acceptors (Lipinski definition) is 1. The van der Waals surface area contributed by atoms with Crippen molar-refractivity contribution in [1.82, 2.24) is 4.57 Å². The molecule has 0 unspecified atom stereocenters. The minimum absolute atomic E-state index is 0.879. The molecule has 0 fully saturated rings. The number of rotatable bonds is 3. The van der Waals surface area contributed by atoms with E-state index in [2.05, 4.69) is 54.0 Å². The van der Waals surface area contributed by atoms with Gasteiger partial charge in [-0.1, -0.05) is 42.5 Å². The number of methoxy groups -OCH3 is 1. The zero-order valence-electron chi connectivity index (χ0n) is 11.7. The molecule has 0 saturated heterocycles. The standard InChI is InChI=1S/C18H17NO/c1-14-12-13-16(15-8-4-3-5-9-15)19(14)17-10-6-7-11-18(17)20-2/h3-13H,1-2H3. The van der Waals surface area contributed by atoms with Gasteiger partial charge in [0.1, 0.15) is 5.75 Å². The number of aromatic nitrogens is 1. The van der Waals surface area contributed by atoms with Crippen molar-refractivity contribution in [2.45, 2.75) is 6.92 Å². The molecular weight excluding hydrogens is 246 g/mol. The Labute approximate surface area is 119 Å². The Kier molecular flexibility index (Phi) is 3.30. The fourth-order valence-corrected chi connectivity index (χ4v) is 2.51. The molecule has 100 valence electrons. The molecule has 1 heterocycles. The highest BCUT2D eigenvalue weighted by atomic mass is 16.5. The third kappa shape index (κ3) is 2.10. The van der Waals surface area contributed by atoms with E-state index in [0.29, 0.717) is 0 Å². The molecular formula is C18H17NO. The van der Waals surface area contributed by atoms with Crippen LogP contribution in [0.2, 0.25) is 0 Å². The van der Waals surface area contributed by atoms with Crippen LogP contribution in [0.25, 0.3) is 16.9 Å². The molecule has 2 nitrogen and oxygen atoms in total. The second-order valence-corrected chi connectivity index (χ2v) is 4.73. The van der Waals surface area contributed by atoms with E-state index in [9.17, 15) is 0 Å². The van der Waals surface area contributed by atoms with E-state index in [4.69, 9.17) is 4.74 Å². The summed E-state index contributed by atoms with van der Waals surface area (Å²) in [4.78, 5) is 0. The summed E-state index contributed by atoms with van der Waals surface area (Å²) in [5.74, 6) is 0.879.